The number of aliphatic hydroxyl groups excluding tert-OH is 1. The van der Waals surface area contributed by atoms with Crippen LogP contribution in [0.2, 0.25) is 0 Å². The summed E-state index contributed by atoms with van der Waals surface area (Å²) in [4.78, 5) is 0. The van der Waals surface area contributed by atoms with Crippen LogP contribution in [0.15, 0.2) is 18.2 Å². The Morgan fingerprint density at radius 3 is 2.06 bits per heavy atom. The Morgan fingerprint density at radius 1 is 1.11 bits per heavy atom. The lowest BCUT2D eigenvalue weighted by Crippen LogP contribution is -2.29. The molecule has 0 aliphatic heterocycles. The van der Waals surface area contributed by atoms with Gasteiger partial charge in [0.25, 0.3) is 0 Å². The summed E-state index contributed by atoms with van der Waals surface area (Å²) in [6.07, 6.45) is -9.48. The zero-order valence-electron chi connectivity index (χ0n) is 8.81. The summed E-state index contributed by atoms with van der Waals surface area (Å²) < 4.78 is 74.1. The average Bonchev–Trinajstić information content (AvgIpc) is 2.24. The Kier molecular flexibility index (Phi) is 3.92. The highest BCUT2D eigenvalue weighted by Crippen LogP contribution is 2.35. The van der Waals surface area contributed by atoms with Gasteiger partial charge in [0.1, 0.15) is 6.04 Å². The Labute approximate surface area is 98.0 Å². The molecule has 8 heteroatoms. The van der Waals surface area contributed by atoms with Crippen LogP contribution in [0.1, 0.15) is 22.7 Å². The molecule has 0 aliphatic carbocycles. The smallest absolute Gasteiger partial charge is 0.392 e. The summed E-state index contributed by atoms with van der Waals surface area (Å²) in [7, 11) is 0. The van der Waals surface area contributed by atoms with Gasteiger partial charge in [0.15, 0.2) is 0 Å². The molecule has 0 spiro atoms. The molecule has 0 amide bonds. The van der Waals surface area contributed by atoms with Crippen LogP contribution in [0.25, 0.3) is 0 Å². The molecular weight excluding hydrogens is 264 g/mol. The van der Waals surface area contributed by atoms with Gasteiger partial charge in [0, 0.05) is 0 Å². The van der Waals surface area contributed by atoms with E-state index in [1.165, 1.54) is 0 Å². The van der Waals surface area contributed by atoms with Gasteiger partial charge in [-0.1, -0.05) is 6.07 Å². The number of alkyl halides is 6. The van der Waals surface area contributed by atoms with Crippen molar-refractivity contribution in [2.75, 3.05) is 0 Å². The first-order valence-corrected chi connectivity index (χ1v) is 4.70. The molecule has 18 heavy (non-hydrogen) atoms. The second-order valence-electron chi connectivity index (χ2n) is 3.59. The molecule has 0 bridgehead atoms. The molecule has 102 valence electrons. The maximum Gasteiger partial charge on any atom is 0.416 e. The predicted octanol–water partition coefficient (Wildman–Crippen LogP) is 2.76. The third-order valence-electron chi connectivity index (χ3n) is 2.33. The van der Waals surface area contributed by atoms with E-state index in [4.69, 9.17) is 10.8 Å². The number of aliphatic hydroxyl groups is 1. The van der Waals surface area contributed by atoms with Gasteiger partial charge in [-0.15, -0.1) is 0 Å². The fourth-order valence-corrected chi connectivity index (χ4v) is 1.40. The Bertz CT molecular complexity index is 425. The van der Waals surface area contributed by atoms with E-state index >= 15 is 0 Å². The minimum atomic E-state index is -4.79. The van der Waals surface area contributed by atoms with Gasteiger partial charge in [0.05, 0.1) is 12.2 Å². The lowest BCUT2D eigenvalue weighted by Gasteiger charge is -2.19. The van der Waals surface area contributed by atoms with E-state index in [0.29, 0.717) is 18.2 Å². The van der Waals surface area contributed by atoms with Crippen LogP contribution in [-0.2, 0) is 12.8 Å². The second-order valence-corrected chi connectivity index (χ2v) is 3.59. The van der Waals surface area contributed by atoms with E-state index in [1.807, 2.05) is 0 Å². The molecular formula is C10H9F6NO. The summed E-state index contributed by atoms with van der Waals surface area (Å²) in [5.41, 5.74) is 2.69. The molecule has 0 aromatic heterocycles. The first-order chi connectivity index (χ1) is 8.07. The summed E-state index contributed by atoms with van der Waals surface area (Å²) in [5, 5.41) is 8.83. The first-order valence-electron chi connectivity index (χ1n) is 4.70. The van der Waals surface area contributed by atoms with Crippen molar-refractivity contribution >= 4 is 0 Å². The van der Waals surface area contributed by atoms with E-state index in [0.717, 1.165) is 0 Å². The summed E-state index contributed by atoms with van der Waals surface area (Å²) in [6.45, 7) is -0.955. The van der Waals surface area contributed by atoms with Crippen LogP contribution < -0.4 is 5.73 Å². The average molecular weight is 273 g/mol. The van der Waals surface area contributed by atoms with Crippen molar-refractivity contribution < 1.29 is 31.4 Å². The van der Waals surface area contributed by atoms with Crippen LogP contribution in [0, 0.1) is 0 Å². The van der Waals surface area contributed by atoms with Crippen LogP contribution in [0.4, 0.5) is 26.3 Å². The highest BCUT2D eigenvalue weighted by molar-refractivity contribution is 5.35. The molecule has 1 rings (SSSR count). The van der Waals surface area contributed by atoms with Crippen LogP contribution in [0.3, 0.4) is 0 Å². The van der Waals surface area contributed by atoms with Crippen LogP contribution >= 0.6 is 0 Å². The van der Waals surface area contributed by atoms with E-state index in [2.05, 4.69) is 0 Å². The maximum absolute atomic E-state index is 12.4. The molecule has 1 atom stereocenters. The molecule has 0 aliphatic rings. The van der Waals surface area contributed by atoms with Gasteiger partial charge in [-0.05, 0) is 23.3 Å². The van der Waals surface area contributed by atoms with E-state index in [-0.39, 0.29) is 0 Å². The summed E-state index contributed by atoms with van der Waals surface area (Å²) in [6, 6.07) is -0.838. The second kappa shape index (κ2) is 4.77. The first kappa shape index (κ1) is 14.8. The molecule has 0 saturated heterocycles. The van der Waals surface area contributed by atoms with E-state index in [1.54, 1.807) is 0 Å². The third-order valence-corrected chi connectivity index (χ3v) is 2.33. The van der Waals surface area contributed by atoms with Crippen molar-refractivity contribution in [1.82, 2.24) is 0 Å². The highest BCUT2D eigenvalue weighted by atomic mass is 19.4. The fourth-order valence-electron chi connectivity index (χ4n) is 1.40. The van der Waals surface area contributed by atoms with Crippen molar-refractivity contribution in [3.63, 3.8) is 0 Å². The topological polar surface area (TPSA) is 46.2 Å². The van der Waals surface area contributed by atoms with Crippen LogP contribution in [0.5, 0.6) is 0 Å². The molecule has 0 heterocycles. The van der Waals surface area contributed by atoms with Crippen molar-refractivity contribution in [3.8, 4) is 0 Å². The third kappa shape index (κ3) is 3.14. The zero-order valence-corrected chi connectivity index (χ0v) is 8.81. The van der Waals surface area contributed by atoms with Gasteiger partial charge < -0.3 is 10.8 Å². The van der Waals surface area contributed by atoms with E-state index in [9.17, 15) is 26.3 Å². The normalized spacial score (nSPS) is 14.7. The van der Waals surface area contributed by atoms with Gasteiger partial charge in [-0.3, -0.25) is 0 Å². The monoisotopic (exact) mass is 273 g/mol. The molecule has 3 N–H and O–H groups in total. The summed E-state index contributed by atoms with van der Waals surface area (Å²) >= 11 is 0. The van der Waals surface area contributed by atoms with Gasteiger partial charge in [-0.2, -0.15) is 26.3 Å². The Morgan fingerprint density at radius 2 is 1.67 bits per heavy atom. The van der Waals surface area contributed by atoms with Crippen molar-refractivity contribution in [1.29, 1.82) is 0 Å². The lowest BCUT2D eigenvalue weighted by molar-refractivity contribution is -0.149. The summed E-state index contributed by atoms with van der Waals surface area (Å²) in [5.74, 6) is 0. The predicted molar refractivity (Wildman–Crippen MR) is 50.4 cm³/mol. The number of hydrogen-bond donors (Lipinski definition) is 2. The molecule has 0 saturated carbocycles. The van der Waals surface area contributed by atoms with E-state index < -0.39 is 41.7 Å². The fraction of sp³-hybridized carbons (Fsp3) is 0.400. The molecule has 1 aromatic rings. The minimum Gasteiger partial charge on any atom is -0.392 e. The number of nitrogens with two attached hydrogens (primary N) is 1. The number of hydrogen-bond acceptors (Lipinski definition) is 2. The standard InChI is InChI=1S/C10H9F6NO/c11-9(12,13)6-1-2-7(5(3-6)4-18)8(17)10(14,15)16/h1-3,8,18H,4,17H2/t8-/m0/s1. The molecule has 1 aromatic carbocycles. The Hall–Kier alpha value is -1.28. The SMILES string of the molecule is N[C@@H](c1ccc(C(F)(F)F)cc1CO)C(F)(F)F. The molecule has 0 fully saturated rings. The minimum absolute atomic E-state index is 0.459. The number of rotatable bonds is 2. The van der Waals surface area contributed by atoms with Gasteiger partial charge in [-0.25, -0.2) is 0 Å². The van der Waals surface area contributed by atoms with Crippen molar-refractivity contribution in [3.05, 3.63) is 34.9 Å². The van der Waals surface area contributed by atoms with Crippen molar-refractivity contribution in [2.45, 2.75) is 25.0 Å². The highest BCUT2D eigenvalue weighted by Gasteiger charge is 2.39. The zero-order chi connectivity index (χ0) is 14.1. The Balaban J connectivity index is 3.24. The molecule has 0 unspecified atom stereocenters. The maximum atomic E-state index is 12.4. The quantitative estimate of drug-likeness (QED) is 0.814. The van der Waals surface area contributed by atoms with Crippen LogP contribution in [-0.4, -0.2) is 11.3 Å². The van der Waals surface area contributed by atoms with Gasteiger partial charge >= 0.3 is 12.4 Å². The van der Waals surface area contributed by atoms with Crippen molar-refractivity contribution in [2.24, 2.45) is 5.73 Å². The molecule has 0 radical (unpaired) electrons. The van der Waals surface area contributed by atoms with Gasteiger partial charge in [0.2, 0.25) is 0 Å². The molecule has 2 nitrogen and oxygen atoms in total. The number of benzene rings is 1. The number of halogens is 6. The largest absolute Gasteiger partial charge is 0.416 e. The lowest BCUT2D eigenvalue weighted by atomic mass is 9.98.